The summed E-state index contributed by atoms with van der Waals surface area (Å²) >= 11 is 0. The second kappa shape index (κ2) is 4.87. The quantitative estimate of drug-likeness (QED) is 0.782. The first-order valence-corrected chi connectivity index (χ1v) is 8.47. The summed E-state index contributed by atoms with van der Waals surface area (Å²) in [4.78, 5) is 0. The summed E-state index contributed by atoms with van der Waals surface area (Å²) in [6.45, 7) is 0. The van der Waals surface area contributed by atoms with Gasteiger partial charge in [-0.2, -0.15) is 13.2 Å². The molecule has 1 saturated heterocycles. The lowest BCUT2D eigenvalue weighted by Gasteiger charge is -2.21. The van der Waals surface area contributed by atoms with E-state index in [0.29, 0.717) is 19.3 Å². The third-order valence-corrected chi connectivity index (χ3v) is 6.86. The fourth-order valence-corrected chi connectivity index (χ4v) is 5.52. The highest BCUT2D eigenvalue weighted by Crippen LogP contribution is 2.39. The van der Waals surface area contributed by atoms with Crippen LogP contribution in [-0.2, 0) is 22.4 Å². The number of alkyl halides is 3. The maximum absolute atomic E-state index is 13.0. The van der Waals surface area contributed by atoms with Crippen molar-refractivity contribution in [3.63, 3.8) is 0 Å². The number of allylic oxidation sites excluding steroid dienone is 1. The molecule has 0 amide bonds. The van der Waals surface area contributed by atoms with Crippen LogP contribution >= 0.6 is 0 Å². The summed E-state index contributed by atoms with van der Waals surface area (Å²) in [5, 5.41) is -0.898. The van der Waals surface area contributed by atoms with Crippen LogP contribution in [0, 0.1) is 0 Å². The van der Waals surface area contributed by atoms with Crippen molar-refractivity contribution in [1.82, 2.24) is 0 Å². The van der Waals surface area contributed by atoms with Crippen molar-refractivity contribution in [1.29, 1.82) is 0 Å². The van der Waals surface area contributed by atoms with Crippen molar-refractivity contribution >= 4 is 9.84 Å². The number of rotatable bonds is 2. The first-order chi connectivity index (χ1) is 9.78. The molecule has 1 aromatic carbocycles. The number of halogens is 3. The third-order valence-electron chi connectivity index (χ3n) is 4.31. The van der Waals surface area contributed by atoms with E-state index in [4.69, 9.17) is 0 Å². The average Bonchev–Trinajstić information content (AvgIpc) is 2.59. The highest BCUT2D eigenvalue weighted by Gasteiger charge is 2.43. The molecule has 0 aromatic heterocycles. The van der Waals surface area contributed by atoms with Crippen molar-refractivity contribution < 1.29 is 21.6 Å². The minimum absolute atomic E-state index is 0.179. The molecule has 3 rings (SSSR count). The Balaban J connectivity index is 1.90. The highest BCUT2D eigenvalue weighted by atomic mass is 32.2. The van der Waals surface area contributed by atoms with Crippen LogP contribution in [0.2, 0.25) is 0 Å². The number of sulfone groups is 1. The van der Waals surface area contributed by atoms with Crippen LogP contribution in [0.1, 0.15) is 30.4 Å². The van der Waals surface area contributed by atoms with Crippen molar-refractivity contribution in [2.24, 2.45) is 0 Å². The van der Waals surface area contributed by atoms with E-state index < -0.39 is 32.1 Å². The predicted octanol–water partition coefficient (Wildman–Crippen LogP) is 3.52. The molecule has 2 aliphatic rings. The molecule has 0 N–H and O–H groups in total. The van der Waals surface area contributed by atoms with Gasteiger partial charge in [0.25, 0.3) is 0 Å². The largest absolute Gasteiger partial charge is 0.416 e. The van der Waals surface area contributed by atoms with Crippen LogP contribution in [0.3, 0.4) is 0 Å². The average molecular weight is 316 g/mol. The van der Waals surface area contributed by atoms with E-state index in [-0.39, 0.29) is 12.0 Å². The molecule has 0 radical (unpaired) electrons. The van der Waals surface area contributed by atoms with Crippen LogP contribution in [-0.4, -0.2) is 18.9 Å². The summed E-state index contributed by atoms with van der Waals surface area (Å²) in [6, 6.07) is 5.49. The Morgan fingerprint density at radius 3 is 2.52 bits per heavy atom. The summed E-state index contributed by atoms with van der Waals surface area (Å²) in [5.74, 6) is 0. The molecular weight excluding hydrogens is 301 g/mol. The van der Waals surface area contributed by atoms with Crippen molar-refractivity contribution in [2.75, 3.05) is 0 Å². The SMILES string of the molecule is O=S1(=O)C2C=C(Cc3ccccc3C(F)(F)F)CC1CC2. The van der Waals surface area contributed by atoms with E-state index >= 15 is 0 Å². The fourth-order valence-electron chi connectivity index (χ4n) is 3.27. The van der Waals surface area contributed by atoms with E-state index in [0.717, 1.165) is 11.6 Å². The number of hydrogen-bond acceptors (Lipinski definition) is 2. The second-order valence-corrected chi connectivity index (χ2v) is 8.14. The molecular formula is C15H15F3O2S. The molecule has 2 heterocycles. The van der Waals surface area contributed by atoms with Gasteiger partial charge >= 0.3 is 6.18 Å². The number of benzene rings is 1. The Morgan fingerprint density at radius 1 is 1.14 bits per heavy atom. The van der Waals surface area contributed by atoms with Gasteiger partial charge in [0.05, 0.1) is 16.1 Å². The van der Waals surface area contributed by atoms with Crippen LogP contribution in [0.25, 0.3) is 0 Å². The Morgan fingerprint density at radius 2 is 1.86 bits per heavy atom. The van der Waals surface area contributed by atoms with E-state index in [1.807, 2.05) is 0 Å². The zero-order chi connectivity index (χ0) is 15.3. The van der Waals surface area contributed by atoms with E-state index in [2.05, 4.69) is 0 Å². The van der Waals surface area contributed by atoms with Gasteiger partial charge < -0.3 is 0 Å². The lowest BCUT2D eigenvalue weighted by molar-refractivity contribution is -0.138. The maximum Gasteiger partial charge on any atom is 0.416 e. The van der Waals surface area contributed by atoms with Crippen LogP contribution < -0.4 is 0 Å². The number of hydrogen-bond donors (Lipinski definition) is 0. The van der Waals surface area contributed by atoms with Gasteiger partial charge in [0.1, 0.15) is 0 Å². The first-order valence-electron chi connectivity index (χ1n) is 6.86. The van der Waals surface area contributed by atoms with Gasteiger partial charge in [-0.1, -0.05) is 29.8 Å². The predicted molar refractivity (Wildman–Crippen MR) is 73.6 cm³/mol. The molecule has 2 aliphatic heterocycles. The van der Waals surface area contributed by atoms with Gasteiger partial charge in [-0.05, 0) is 37.3 Å². The summed E-state index contributed by atoms with van der Waals surface area (Å²) in [5.41, 5.74) is 0.399. The van der Waals surface area contributed by atoms with Gasteiger partial charge in [0.2, 0.25) is 0 Å². The van der Waals surface area contributed by atoms with Crippen LogP contribution in [0.15, 0.2) is 35.9 Å². The summed E-state index contributed by atoms with van der Waals surface area (Å²) in [7, 11) is -3.09. The topological polar surface area (TPSA) is 34.1 Å². The minimum Gasteiger partial charge on any atom is -0.228 e. The molecule has 1 fully saturated rings. The van der Waals surface area contributed by atoms with Gasteiger partial charge in [0.15, 0.2) is 9.84 Å². The third kappa shape index (κ3) is 2.61. The Hall–Kier alpha value is -1.30. The minimum atomic E-state index is -4.38. The van der Waals surface area contributed by atoms with Gasteiger partial charge in [-0.15, -0.1) is 0 Å². The van der Waals surface area contributed by atoms with Crippen LogP contribution in [0.4, 0.5) is 13.2 Å². The molecule has 0 aliphatic carbocycles. The Labute approximate surface area is 121 Å². The lowest BCUT2D eigenvalue weighted by Crippen LogP contribution is -2.27. The summed E-state index contributed by atoms with van der Waals surface area (Å²) < 4.78 is 62.9. The zero-order valence-electron chi connectivity index (χ0n) is 11.2. The molecule has 1 aromatic rings. The molecule has 6 heteroatoms. The zero-order valence-corrected chi connectivity index (χ0v) is 12.0. The molecule has 2 unspecified atom stereocenters. The number of fused-ring (bicyclic) bond motifs is 2. The van der Waals surface area contributed by atoms with Gasteiger partial charge in [-0.25, -0.2) is 8.42 Å². The Bertz CT molecular complexity index is 689. The standard InChI is InChI=1S/C15H15F3O2S/c16-15(17,18)14-4-2-1-3-11(14)7-10-8-12-5-6-13(9-10)21(12,19)20/h1-4,8,12-13H,5-7,9H2. The molecule has 21 heavy (non-hydrogen) atoms. The van der Waals surface area contributed by atoms with Crippen molar-refractivity contribution in [3.05, 3.63) is 47.0 Å². The molecule has 2 nitrogen and oxygen atoms in total. The van der Waals surface area contributed by atoms with E-state index in [1.165, 1.54) is 12.1 Å². The van der Waals surface area contributed by atoms with E-state index in [1.54, 1.807) is 12.1 Å². The Kier molecular flexibility index (Phi) is 3.39. The normalized spacial score (nSPS) is 27.5. The fraction of sp³-hybridized carbons (Fsp3) is 0.467. The van der Waals surface area contributed by atoms with Gasteiger partial charge in [-0.3, -0.25) is 0 Å². The summed E-state index contributed by atoms with van der Waals surface area (Å²) in [6.07, 6.45) is -0.947. The maximum atomic E-state index is 13.0. The molecule has 114 valence electrons. The van der Waals surface area contributed by atoms with Gasteiger partial charge in [0, 0.05) is 0 Å². The van der Waals surface area contributed by atoms with Crippen LogP contribution in [0.5, 0.6) is 0 Å². The monoisotopic (exact) mass is 316 g/mol. The molecule has 2 atom stereocenters. The lowest BCUT2D eigenvalue weighted by atomic mass is 9.96. The highest BCUT2D eigenvalue weighted by molar-refractivity contribution is 7.93. The first kappa shape index (κ1) is 14.6. The van der Waals surface area contributed by atoms with Crippen molar-refractivity contribution in [2.45, 2.75) is 42.4 Å². The van der Waals surface area contributed by atoms with Crippen molar-refractivity contribution in [3.8, 4) is 0 Å². The van der Waals surface area contributed by atoms with E-state index in [9.17, 15) is 21.6 Å². The second-order valence-electron chi connectivity index (χ2n) is 5.69. The molecule has 2 bridgehead atoms. The molecule has 0 spiro atoms. The smallest absolute Gasteiger partial charge is 0.228 e. The molecule has 0 saturated carbocycles.